The topological polar surface area (TPSA) is 70.5 Å². The number of carboxylic acid groups (broad SMARTS) is 1. The van der Waals surface area contributed by atoms with E-state index in [0.717, 1.165) is 22.8 Å². The first-order valence-electron chi connectivity index (χ1n) is 8.30. The van der Waals surface area contributed by atoms with Gasteiger partial charge in [0.2, 0.25) is 5.91 Å². The fourth-order valence-corrected chi connectivity index (χ4v) is 3.56. The van der Waals surface area contributed by atoms with Crippen LogP contribution in [0.1, 0.15) is 32.3 Å². The molecule has 1 saturated heterocycles. The number of carbonyl (C=O) groups excluding carboxylic acids is 1. The molecule has 2 atom stereocenters. The Labute approximate surface area is 141 Å². The fraction of sp³-hybridized carbons (Fsp3) is 0.421. The van der Waals surface area contributed by atoms with Crippen LogP contribution in [0.5, 0.6) is 0 Å². The van der Waals surface area contributed by atoms with Crippen molar-refractivity contribution < 1.29 is 14.7 Å². The lowest BCUT2D eigenvalue weighted by molar-refractivity contribution is -0.156. The van der Waals surface area contributed by atoms with Crippen molar-refractivity contribution in [3.8, 4) is 0 Å². The van der Waals surface area contributed by atoms with Gasteiger partial charge in [0.25, 0.3) is 0 Å². The van der Waals surface area contributed by atoms with Crippen LogP contribution in [-0.4, -0.2) is 39.0 Å². The zero-order chi connectivity index (χ0) is 17.3. The monoisotopic (exact) mass is 326 g/mol. The number of hydrogen-bond acceptors (Lipinski definition) is 3. The van der Waals surface area contributed by atoms with Gasteiger partial charge in [-0.15, -0.1) is 0 Å². The van der Waals surface area contributed by atoms with Gasteiger partial charge in [-0.1, -0.05) is 31.2 Å². The van der Waals surface area contributed by atoms with Crippen molar-refractivity contribution in [2.24, 2.45) is 5.92 Å². The average molecular weight is 326 g/mol. The summed E-state index contributed by atoms with van der Waals surface area (Å²) in [5, 5.41) is 11.6. The zero-order valence-electron chi connectivity index (χ0n) is 14.0. The van der Waals surface area contributed by atoms with Crippen LogP contribution in [0, 0.1) is 5.92 Å². The van der Waals surface area contributed by atoms with E-state index in [0.29, 0.717) is 19.4 Å². The number of hydrogen-bond donors (Lipinski definition) is 1. The molecule has 1 aromatic heterocycles. The summed E-state index contributed by atoms with van der Waals surface area (Å²) in [6, 6.07) is 7.96. The van der Waals surface area contributed by atoms with Crippen LogP contribution in [0.15, 0.2) is 36.7 Å². The molecule has 1 aliphatic rings. The maximum atomic E-state index is 12.8. The van der Waals surface area contributed by atoms with E-state index in [9.17, 15) is 14.7 Å². The Bertz CT molecular complexity index is 784. The maximum Gasteiger partial charge on any atom is 0.329 e. The van der Waals surface area contributed by atoms with Crippen LogP contribution >= 0.6 is 0 Å². The highest BCUT2D eigenvalue weighted by atomic mass is 16.4. The van der Waals surface area contributed by atoms with Crippen molar-refractivity contribution in [3.05, 3.63) is 42.2 Å². The highest BCUT2D eigenvalue weighted by Gasteiger charge is 2.46. The molecular weight excluding hydrogens is 304 g/mol. The second-order valence-electron chi connectivity index (χ2n) is 6.80. The minimum absolute atomic E-state index is 0.0923. The van der Waals surface area contributed by atoms with Crippen molar-refractivity contribution in [2.75, 3.05) is 6.54 Å². The largest absolute Gasteiger partial charge is 0.480 e. The molecule has 1 N–H and O–H groups in total. The summed E-state index contributed by atoms with van der Waals surface area (Å²) in [4.78, 5) is 30.2. The summed E-state index contributed by atoms with van der Waals surface area (Å²) in [5.74, 6) is -1.30. The van der Waals surface area contributed by atoms with Crippen molar-refractivity contribution in [1.82, 2.24) is 9.88 Å². The van der Waals surface area contributed by atoms with Crippen LogP contribution in [0.3, 0.4) is 0 Å². The Hall–Kier alpha value is -2.43. The normalized spacial score (nSPS) is 21.8. The van der Waals surface area contributed by atoms with E-state index in [4.69, 9.17) is 0 Å². The summed E-state index contributed by atoms with van der Waals surface area (Å²) in [6.07, 6.45) is 5.41. The molecule has 0 spiro atoms. The Morgan fingerprint density at radius 2 is 2.08 bits per heavy atom. The second kappa shape index (κ2) is 6.23. The van der Waals surface area contributed by atoms with Crippen LogP contribution < -0.4 is 0 Å². The second-order valence-corrected chi connectivity index (χ2v) is 6.80. The molecule has 0 bridgehead atoms. The quantitative estimate of drug-likeness (QED) is 0.938. The van der Waals surface area contributed by atoms with E-state index in [2.05, 4.69) is 4.98 Å². The molecule has 0 aliphatic carbocycles. The van der Waals surface area contributed by atoms with Gasteiger partial charge in [-0.3, -0.25) is 9.78 Å². The van der Waals surface area contributed by atoms with Crippen LogP contribution in [0.2, 0.25) is 0 Å². The molecule has 24 heavy (non-hydrogen) atoms. The Morgan fingerprint density at radius 1 is 1.33 bits per heavy atom. The van der Waals surface area contributed by atoms with E-state index in [-0.39, 0.29) is 11.8 Å². The average Bonchev–Trinajstić information content (AvgIpc) is 2.97. The van der Waals surface area contributed by atoms with Crippen LogP contribution in [0.25, 0.3) is 10.8 Å². The van der Waals surface area contributed by atoms with Gasteiger partial charge in [0, 0.05) is 30.2 Å². The van der Waals surface area contributed by atoms with Crippen molar-refractivity contribution in [1.29, 1.82) is 0 Å². The number of carbonyl (C=O) groups is 2. The van der Waals surface area contributed by atoms with Gasteiger partial charge in [-0.05, 0) is 37.1 Å². The van der Waals surface area contributed by atoms with Gasteiger partial charge in [-0.2, -0.15) is 0 Å². The number of carboxylic acids is 1. The molecule has 126 valence electrons. The minimum Gasteiger partial charge on any atom is -0.480 e. The fourth-order valence-electron chi connectivity index (χ4n) is 3.56. The Kier molecular flexibility index (Phi) is 4.26. The number of aromatic nitrogens is 1. The van der Waals surface area contributed by atoms with Crippen molar-refractivity contribution >= 4 is 22.6 Å². The standard InChI is InChI=1S/C19H22N2O3/c1-13(17(22)21-9-5-8-19(21,2)18(23)24)10-15-12-20-11-14-6-3-4-7-16(14)15/h3-4,6-7,11-13H,5,8-10H2,1-2H3,(H,23,24). The van der Waals surface area contributed by atoms with Crippen molar-refractivity contribution in [2.45, 2.75) is 38.6 Å². The minimum atomic E-state index is -1.08. The third-order valence-corrected chi connectivity index (χ3v) is 5.07. The predicted molar refractivity (Wildman–Crippen MR) is 91.6 cm³/mol. The third kappa shape index (κ3) is 2.75. The first kappa shape index (κ1) is 16.4. The first-order valence-corrected chi connectivity index (χ1v) is 8.30. The van der Waals surface area contributed by atoms with Crippen LogP contribution in [-0.2, 0) is 16.0 Å². The van der Waals surface area contributed by atoms with Gasteiger partial charge >= 0.3 is 5.97 Å². The molecular formula is C19H22N2O3. The van der Waals surface area contributed by atoms with Gasteiger partial charge < -0.3 is 10.0 Å². The molecule has 2 unspecified atom stereocenters. The van der Waals surface area contributed by atoms with Crippen molar-refractivity contribution in [3.63, 3.8) is 0 Å². The number of amides is 1. The highest BCUT2D eigenvalue weighted by molar-refractivity contribution is 5.89. The number of aliphatic carboxylic acids is 1. The van der Waals surface area contributed by atoms with Gasteiger partial charge in [-0.25, -0.2) is 4.79 Å². The smallest absolute Gasteiger partial charge is 0.329 e. The van der Waals surface area contributed by atoms with Gasteiger partial charge in [0.1, 0.15) is 5.54 Å². The lowest BCUT2D eigenvalue weighted by Crippen LogP contribution is -2.52. The van der Waals surface area contributed by atoms with E-state index < -0.39 is 11.5 Å². The molecule has 1 amide bonds. The van der Waals surface area contributed by atoms with Gasteiger partial charge in [0.05, 0.1) is 0 Å². The molecule has 3 rings (SSSR count). The zero-order valence-corrected chi connectivity index (χ0v) is 14.0. The third-order valence-electron chi connectivity index (χ3n) is 5.07. The lowest BCUT2D eigenvalue weighted by Gasteiger charge is -2.33. The summed E-state index contributed by atoms with van der Waals surface area (Å²) < 4.78 is 0. The summed E-state index contributed by atoms with van der Waals surface area (Å²) in [6.45, 7) is 4.02. The number of benzene rings is 1. The maximum absolute atomic E-state index is 12.8. The summed E-state index contributed by atoms with van der Waals surface area (Å²) in [7, 11) is 0. The first-order chi connectivity index (χ1) is 11.4. The number of rotatable bonds is 4. The number of pyridine rings is 1. The molecule has 2 heterocycles. The van der Waals surface area contributed by atoms with Crippen LogP contribution in [0.4, 0.5) is 0 Å². The molecule has 5 nitrogen and oxygen atoms in total. The lowest BCUT2D eigenvalue weighted by atomic mass is 9.94. The van der Waals surface area contributed by atoms with E-state index >= 15 is 0 Å². The summed E-state index contributed by atoms with van der Waals surface area (Å²) in [5.41, 5.74) is -0.0623. The molecule has 1 fully saturated rings. The SMILES string of the molecule is CC(Cc1cncc2ccccc12)C(=O)N1CCCC1(C)C(=O)O. The molecule has 0 radical (unpaired) electrons. The summed E-state index contributed by atoms with van der Waals surface area (Å²) >= 11 is 0. The predicted octanol–water partition coefficient (Wildman–Crippen LogP) is 2.88. The molecule has 0 saturated carbocycles. The number of nitrogens with zero attached hydrogens (tertiary/aromatic N) is 2. The van der Waals surface area contributed by atoms with E-state index in [1.807, 2.05) is 37.4 Å². The molecule has 1 aromatic carbocycles. The number of likely N-dealkylation sites (tertiary alicyclic amines) is 1. The van der Waals surface area contributed by atoms with E-state index in [1.165, 1.54) is 0 Å². The van der Waals surface area contributed by atoms with Gasteiger partial charge in [0.15, 0.2) is 0 Å². The molecule has 2 aromatic rings. The Morgan fingerprint density at radius 3 is 2.83 bits per heavy atom. The Balaban J connectivity index is 1.83. The molecule has 1 aliphatic heterocycles. The number of fused-ring (bicyclic) bond motifs is 1. The molecule has 5 heteroatoms. The van der Waals surface area contributed by atoms with E-state index in [1.54, 1.807) is 18.0 Å². The highest BCUT2D eigenvalue weighted by Crippen LogP contribution is 2.31.